The number of carbonyl (C=O) groups excluding carboxylic acids is 2. The Bertz CT molecular complexity index is 975. The first-order valence-electron chi connectivity index (χ1n) is 8.57. The van der Waals surface area contributed by atoms with E-state index in [0.717, 1.165) is 18.4 Å². The topological polar surface area (TPSA) is 109 Å². The number of carbonyl (C=O) groups is 2. The summed E-state index contributed by atoms with van der Waals surface area (Å²) in [5, 5.41) is 4.93. The molecule has 2 aromatic rings. The van der Waals surface area contributed by atoms with E-state index in [4.69, 9.17) is 4.42 Å². The monoisotopic (exact) mass is 391 g/mol. The molecule has 0 aliphatic carbocycles. The first-order valence-corrected chi connectivity index (χ1v) is 10.0. The van der Waals surface area contributed by atoms with Gasteiger partial charge in [-0.1, -0.05) is 6.07 Å². The molecule has 144 valence electrons. The minimum atomic E-state index is -3.72. The zero-order valence-corrected chi connectivity index (χ0v) is 15.9. The fourth-order valence-corrected chi connectivity index (χ4v) is 4.29. The lowest BCUT2D eigenvalue weighted by Crippen LogP contribution is -2.27. The van der Waals surface area contributed by atoms with Crippen LogP contribution >= 0.6 is 0 Å². The molecule has 0 unspecified atom stereocenters. The van der Waals surface area contributed by atoms with E-state index in [0.29, 0.717) is 24.3 Å². The van der Waals surface area contributed by atoms with Crippen molar-refractivity contribution in [2.24, 2.45) is 0 Å². The van der Waals surface area contributed by atoms with Crippen molar-refractivity contribution in [3.05, 3.63) is 47.2 Å². The van der Waals surface area contributed by atoms with Gasteiger partial charge in [0.15, 0.2) is 5.76 Å². The number of amides is 2. The summed E-state index contributed by atoms with van der Waals surface area (Å²) in [7, 11) is -2.20. The van der Waals surface area contributed by atoms with Gasteiger partial charge in [-0.05, 0) is 49.6 Å². The Labute approximate surface area is 157 Å². The SMILES string of the molecule is CNC(=O)c1ccc(C)c(NC(=O)c2ccc(S(=O)(=O)N3CCCC3)o2)c1. The Morgan fingerprint density at radius 1 is 1.07 bits per heavy atom. The maximum absolute atomic E-state index is 12.5. The van der Waals surface area contributed by atoms with Crippen LogP contribution in [-0.4, -0.2) is 44.7 Å². The molecule has 8 nitrogen and oxygen atoms in total. The summed E-state index contributed by atoms with van der Waals surface area (Å²) in [6, 6.07) is 7.53. The molecule has 3 rings (SSSR count). The van der Waals surface area contributed by atoms with E-state index in [-0.39, 0.29) is 16.8 Å². The number of sulfonamides is 1. The van der Waals surface area contributed by atoms with Crippen molar-refractivity contribution in [1.29, 1.82) is 0 Å². The van der Waals surface area contributed by atoms with E-state index in [2.05, 4.69) is 10.6 Å². The maximum atomic E-state index is 12.5. The van der Waals surface area contributed by atoms with E-state index < -0.39 is 15.9 Å². The maximum Gasteiger partial charge on any atom is 0.291 e. The van der Waals surface area contributed by atoms with Crippen molar-refractivity contribution < 1.29 is 22.4 Å². The third-order valence-corrected chi connectivity index (χ3v) is 6.21. The van der Waals surface area contributed by atoms with Crippen LogP contribution in [0.2, 0.25) is 0 Å². The number of aryl methyl sites for hydroxylation is 1. The first kappa shape index (κ1) is 19.1. The molecule has 1 aromatic heterocycles. The van der Waals surface area contributed by atoms with Crippen molar-refractivity contribution in [3.8, 4) is 0 Å². The van der Waals surface area contributed by atoms with Crippen LogP contribution in [0, 0.1) is 6.92 Å². The molecular formula is C18H21N3O5S. The van der Waals surface area contributed by atoms with Gasteiger partial charge in [0.25, 0.3) is 21.8 Å². The Kier molecular flexibility index (Phi) is 5.33. The molecule has 1 aliphatic heterocycles. The highest BCUT2D eigenvalue weighted by Crippen LogP contribution is 2.24. The van der Waals surface area contributed by atoms with Crippen molar-refractivity contribution >= 4 is 27.5 Å². The van der Waals surface area contributed by atoms with Crippen molar-refractivity contribution in [2.75, 3.05) is 25.5 Å². The standard InChI is InChI=1S/C18H21N3O5S/c1-12-5-6-13(17(22)19-2)11-14(12)20-18(23)15-7-8-16(26-15)27(24,25)21-9-3-4-10-21/h5-8,11H,3-4,9-10H2,1-2H3,(H,19,22)(H,20,23). The lowest BCUT2D eigenvalue weighted by Gasteiger charge is -2.12. The first-order chi connectivity index (χ1) is 12.8. The smallest absolute Gasteiger partial charge is 0.291 e. The molecule has 0 spiro atoms. The lowest BCUT2D eigenvalue weighted by atomic mass is 10.1. The van der Waals surface area contributed by atoms with Crippen molar-refractivity contribution in [1.82, 2.24) is 9.62 Å². The summed E-state index contributed by atoms with van der Waals surface area (Å²) >= 11 is 0. The quantitative estimate of drug-likeness (QED) is 0.810. The van der Waals surface area contributed by atoms with Crippen LogP contribution in [0.3, 0.4) is 0 Å². The molecule has 1 fully saturated rings. The number of hydrogen-bond donors (Lipinski definition) is 2. The van der Waals surface area contributed by atoms with E-state index in [1.807, 2.05) is 0 Å². The molecule has 1 aromatic carbocycles. The minimum absolute atomic E-state index is 0.113. The molecular weight excluding hydrogens is 370 g/mol. The number of benzene rings is 1. The van der Waals surface area contributed by atoms with Gasteiger partial charge in [0.2, 0.25) is 5.09 Å². The van der Waals surface area contributed by atoms with Crippen molar-refractivity contribution in [2.45, 2.75) is 24.9 Å². The van der Waals surface area contributed by atoms with Crippen molar-refractivity contribution in [3.63, 3.8) is 0 Å². The molecule has 9 heteroatoms. The number of hydrogen-bond acceptors (Lipinski definition) is 5. The molecule has 1 saturated heterocycles. The highest BCUT2D eigenvalue weighted by Gasteiger charge is 2.30. The highest BCUT2D eigenvalue weighted by molar-refractivity contribution is 7.89. The lowest BCUT2D eigenvalue weighted by molar-refractivity contribution is 0.0960. The molecule has 0 bridgehead atoms. The number of furan rings is 1. The highest BCUT2D eigenvalue weighted by atomic mass is 32.2. The number of rotatable bonds is 5. The summed E-state index contributed by atoms with van der Waals surface area (Å²) in [4.78, 5) is 24.2. The third kappa shape index (κ3) is 3.88. The second kappa shape index (κ2) is 7.53. The summed E-state index contributed by atoms with van der Waals surface area (Å²) in [6.45, 7) is 2.70. The second-order valence-electron chi connectivity index (χ2n) is 6.29. The number of nitrogens with zero attached hydrogens (tertiary/aromatic N) is 1. The Morgan fingerprint density at radius 2 is 1.78 bits per heavy atom. The summed E-state index contributed by atoms with van der Waals surface area (Å²) in [5.41, 5.74) is 1.60. The van der Waals surface area contributed by atoms with Gasteiger partial charge in [0.1, 0.15) is 0 Å². The van der Waals surface area contributed by atoms with Gasteiger partial charge < -0.3 is 15.1 Å². The van der Waals surface area contributed by atoms with Crippen LogP contribution in [0.25, 0.3) is 0 Å². The number of nitrogens with one attached hydrogen (secondary N) is 2. The molecule has 0 atom stereocenters. The van der Waals surface area contributed by atoms with Gasteiger partial charge in [-0.15, -0.1) is 0 Å². The zero-order chi connectivity index (χ0) is 19.6. The summed E-state index contributed by atoms with van der Waals surface area (Å²) < 4.78 is 31.6. The van der Waals surface area contributed by atoms with Gasteiger partial charge >= 0.3 is 0 Å². The number of anilines is 1. The second-order valence-corrected chi connectivity index (χ2v) is 8.16. The van der Waals surface area contributed by atoms with Gasteiger partial charge in [0.05, 0.1) is 0 Å². The Morgan fingerprint density at radius 3 is 2.44 bits per heavy atom. The Balaban J connectivity index is 1.80. The van der Waals surface area contributed by atoms with Crippen LogP contribution in [0.4, 0.5) is 5.69 Å². The average Bonchev–Trinajstić information content (AvgIpc) is 3.35. The van der Waals surface area contributed by atoms with Crippen LogP contribution in [0.5, 0.6) is 0 Å². The van der Waals surface area contributed by atoms with E-state index in [1.54, 1.807) is 25.1 Å². The largest absolute Gasteiger partial charge is 0.438 e. The van der Waals surface area contributed by atoms with Crippen LogP contribution < -0.4 is 10.6 Å². The molecule has 2 N–H and O–H groups in total. The molecule has 2 amide bonds. The van der Waals surface area contributed by atoms with Crippen LogP contribution in [0.15, 0.2) is 39.8 Å². The van der Waals surface area contributed by atoms with Gasteiger partial charge in [-0.2, -0.15) is 4.31 Å². The summed E-state index contributed by atoms with van der Waals surface area (Å²) in [6.07, 6.45) is 1.63. The molecule has 27 heavy (non-hydrogen) atoms. The fourth-order valence-electron chi connectivity index (χ4n) is 2.86. The fraction of sp³-hybridized carbons (Fsp3) is 0.333. The minimum Gasteiger partial charge on any atom is -0.438 e. The van der Waals surface area contributed by atoms with Gasteiger partial charge in [0, 0.05) is 31.4 Å². The van der Waals surface area contributed by atoms with Crippen LogP contribution in [0.1, 0.15) is 39.3 Å². The van der Waals surface area contributed by atoms with E-state index in [9.17, 15) is 18.0 Å². The molecule has 2 heterocycles. The normalized spacial score (nSPS) is 14.9. The zero-order valence-electron chi connectivity index (χ0n) is 15.1. The average molecular weight is 391 g/mol. The molecule has 0 saturated carbocycles. The van der Waals surface area contributed by atoms with E-state index >= 15 is 0 Å². The van der Waals surface area contributed by atoms with Gasteiger partial charge in [-0.3, -0.25) is 9.59 Å². The van der Waals surface area contributed by atoms with Gasteiger partial charge in [-0.25, -0.2) is 8.42 Å². The van der Waals surface area contributed by atoms with Crippen LogP contribution in [-0.2, 0) is 10.0 Å². The Hall–Kier alpha value is -2.65. The molecule has 0 radical (unpaired) electrons. The third-order valence-electron chi connectivity index (χ3n) is 4.44. The molecule has 1 aliphatic rings. The predicted molar refractivity (Wildman–Crippen MR) is 99.2 cm³/mol. The van der Waals surface area contributed by atoms with E-state index in [1.165, 1.54) is 23.5 Å². The predicted octanol–water partition coefficient (Wildman–Crippen LogP) is 1.98. The summed E-state index contributed by atoms with van der Waals surface area (Å²) in [5.74, 6) is -0.977.